The molecular formula is C25H49N2+. The van der Waals surface area contributed by atoms with Crippen LogP contribution in [0.4, 0.5) is 0 Å². The van der Waals surface area contributed by atoms with Crippen molar-refractivity contribution in [2.75, 3.05) is 0 Å². The lowest BCUT2D eigenvalue weighted by atomic mass is 10.1. The first kappa shape index (κ1) is 24.2. The van der Waals surface area contributed by atoms with Gasteiger partial charge in [0.15, 0.2) is 0 Å². The lowest BCUT2D eigenvalue weighted by molar-refractivity contribution is -0.703. The highest BCUT2D eigenvalue weighted by Crippen LogP contribution is 2.13. The van der Waals surface area contributed by atoms with Gasteiger partial charge in [-0.15, -0.1) is 0 Å². The first-order chi connectivity index (χ1) is 13.3. The van der Waals surface area contributed by atoms with Gasteiger partial charge in [0.05, 0.1) is 13.1 Å². The molecule has 1 heterocycles. The highest BCUT2D eigenvalue weighted by Gasteiger charge is 2.15. The molecule has 0 aliphatic carbocycles. The van der Waals surface area contributed by atoms with Gasteiger partial charge in [0.2, 0.25) is 0 Å². The van der Waals surface area contributed by atoms with E-state index in [4.69, 9.17) is 0 Å². The van der Waals surface area contributed by atoms with Gasteiger partial charge < -0.3 is 0 Å². The van der Waals surface area contributed by atoms with Crippen molar-refractivity contribution >= 4 is 0 Å². The molecule has 0 aromatic carbocycles. The van der Waals surface area contributed by atoms with Crippen LogP contribution in [-0.4, -0.2) is 4.57 Å². The summed E-state index contributed by atoms with van der Waals surface area (Å²) in [6.45, 7) is 9.27. The number of imidazole rings is 1. The zero-order valence-electron chi connectivity index (χ0n) is 19.0. The van der Waals surface area contributed by atoms with Gasteiger partial charge in [-0.25, -0.2) is 9.13 Å². The maximum Gasteiger partial charge on any atom is 0.256 e. The lowest BCUT2D eigenvalue weighted by Crippen LogP contribution is -2.37. The first-order valence-corrected chi connectivity index (χ1v) is 12.4. The number of rotatable bonds is 19. The third-order valence-corrected chi connectivity index (χ3v) is 5.81. The largest absolute Gasteiger partial charge is 0.256 e. The number of unbranched alkanes of at least 4 members (excludes halogenated alkanes) is 13. The molecule has 0 atom stereocenters. The van der Waals surface area contributed by atoms with Gasteiger partial charge in [0.1, 0.15) is 12.4 Å². The van der Waals surface area contributed by atoms with Crippen LogP contribution in [0, 0.1) is 0 Å². The fourth-order valence-electron chi connectivity index (χ4n) is 4.09. The summed E-state index contributed by atoms with van der Waals surface area (Å²) in [5.41, 5.74) is 0. The Labute approximate surface area is 170 Å². The van der Waals surface area contributed by atoms with Crippen molar-refractivity contribution < 1.29 is 4.57 Å². The Morgan fingerprint density at radius 3 is 1.70 bits per heavy atom. The summed E-state index contributed by atoms with van der Waals surface area (Å²) in [5.74, 6) is 1.57. The van der Waals surface area contributed by atoms with Crippen molar-refractivity contribution in [2.24, 2.45) is 0 Å². The second kappa shape index (κ2) is 17.3. The summed E-state index contributed by atoms with van der Waals surface area (Å²) >= 11 is 0. The molecule has 2 heteroatoms. The summed E-state index contributed by atoms with van der Waals surface area (Å²) in [6.07, 6.45) is 28.3. The van der Waals surface area contributed by atoms with E-state index in [9.17, 15) is 0 Å². The van der Waals surface area contributed by atoms with Crippen LogP contribution in [0.25, 0.3) is 0 Å². The van der Waals surface area contributed by atoms with Crippen LogP contribution in [-0.2, 0) is 19.5 Å². The van der Waals surface area contributed by atoms with Crippen LogP contribution in [0.15, 0.2) is 12.4 Å². The Morgan fingerprint density at radius 2 is 1.15 bits per heavy atom. The smallest absolute Gasteiger partial charge is 0.234 e. The minimum Gasteiger partial charge on any atom is -0.234 e. The molecule has 1 aromatic heterocycles. The average molecular weight is 378 g/mol. The third kappa shape index (κ3) is 11.6. The fourth-order valence-corrected chi connectivity index (χ4v) is 4.09. The topological polar surface area (TPSA) is 8.81 Å². The molecule has 0 fully saturated rings. The van der Waals surface area contributed by atoms with Gasteiger partial charge in [0.25, 0.3) is 5.82 Å². The molecule has 0 amide bonds. The minimum absolute atomic E-state index is 1.18. The van der Waals surface area contributed by atoms with Crippen LogP contribution >= 0.6 is 0 Å². The Bertz CT molecular complexity index is 436. The molecule has 1 rings (SSSR count). The molecule has 0 N–H and O–H groups in total. The van der Waals surface area contributed by atoms with E-state index >= 15 is 0 Å². The Hall–Kier alpha value is -0.790. The van der Waals surface area contributed by atoms with Crippen molar-refractivity contribution in [3.05, 3.63) is 18.2 Å². The average Bonchev–Trinajstić information content (AvgIpc) is 3.05. The van der Waals surface area contributed by atoms with Gasteiger partial charge in [0, 0.05) is 6.42 Å². The number of hydrogen-bond donors (Lipinski definition) is 0. The second-order valence-corrected chi connectivity index (χ2v) is 8.45. The number of aromatic nitrogens is 2. The first-order valence-electron chi connectivity index (χ1n) is 12.4. The Kier molecular flexibility index (Phi) is 15.6. The fraction of sp³-hybridized carbons (Fsp3) is 0.880. The Balaban J connectivity index is 2.19. The third-order valence-electron chi connectivity index (χ3n) is 5.81. The van der Waals surface area contributed by atoms with E-state index in [1.54, 1.807) is 5.82 Å². The summed E-state index contributed by atoms with van der Waals surface area (Å²) in [4.78, 5) is 0. The maximum absolute atomic E-state index is 2.54. The predicted octanol–water partition coefficient (Wildman–Crippen LogP) is 7.62. The number of hydrogen-bond acceptors (Lipinski definition) is 0. The quantitative estimate of drug-likeness (QED) is 0.173. The van der Waals surface area contributed by atoms with Gasteiger partial charge in [-0.2, -0.15) is 0 Å². The molecule has 0 radical (unpaired) electrons. The van der Waals surface area contributed by atoms with Crippen molar-refractivity contribution in [2.45, 2.75) is 143 Å². The van der Waals surface area contributed by atoms with Crippen molar-refractivity contribution in [1.29, 1.82) is 0 Å². The molecular weight excluding hydrogens is 328 g/mol. The van der Waals surface area contributed by atoms with Gasteiger partial charge in [-0.05, 0) is 25.7 Å². The van der Waals surface area contributed by atoms with Gasteiger partial charge in [-0.1, -0.05) is 97.8 Å². The van der Waals surface area contributed by atoms with E-state index in [2.05, 4.69) is 42.3 Å². The molecule has 0 spiro atoms. The van der Waals surface area contributed by atoms with E-state index < -0.39 is 0 Å². The molecule has 0 aliphatic rings. The van der Waals surface area contributed by atoms with Crippen LogP contribution in [0.3, 0.4) is 0 Å². The standard InChI is InChI=1S/C25H49N2/c1-4-7-9-11-12-13-14-15-16-17-18-20-25-26(21-6-3)23-24-27(25)22-19-10-8-5-2/h23-24H,4-22H2,1-3H3/q+1. The molecule has 2 nitrogen and oxygen atoms in total. The normalized spacial score (nSPS) is 11.4. The number of nitrogens with zero attached hydrogens (tertiary/aromatic N) is 2. The number of aryl methyl sites for hydroxylation is 2. The van der Waals surface area contributed by atoms with Crippen LogP contribution in [0.2, 0.25) is 0 Å². The van der Waals surface area contributed by atoms with E-state index in [-0.39, 0.29) is 0 Å². The van der Waals surface area contributed by atoms with E-state index in [0.717, 1.165) is 0 Å². The minimum atomic E-state index is 1.18. The van der Waals surface area contributed by atoms with Crippen LogP contribution < -0.4 is 4.57 Å². The summed E-state index contributed by atoms with van der Waals surface area (Å²) in [6, 6.07) is 0. The van der Waals surface area contributed by atoms with Crippen molar-refractivity contribution in [3.63, 3.8) is 0 Å². The van der Waals surface area contributed by atoms with E-state index in [1.165, 1.54) is 122 Å². The molecule has 1 aromatic rings. The zero-order valence-corrected chi connectivity index (χ0v) is 19.0. The molecule has 0 saturated heterocycles. The monoisotopic (exact) mass is 377 g/mol. The van der Waals surface area contributed by atoms with Crippen LogP contribution in [0.1, 0.15) is 129 Å². The molecule has 0 aliphatic heterocycles. The molecule has 0 unspecified atom stereocenters. The highest BCUT2D eigenvalue weighted by atomic mass is 15.1. The zero-order chi connectivity index (χ0) is 19.6. The second-order valence-electron chi connectivity index (χ2n) is 8.45. The van der Waals surface area contributed by atoms with E-state index in [0.29, 0.717) is 0 Å². The van der Waals surface area contributed by atoms with Gasteiger partial charge >= 0.3 is 0 Å². The van der Waals surface area contributed by atoms with Crippen LogP contribution in [0.5, 0.6) is 0 Å². The highest BCUT2D eigenvalue weighted by molar-refractivity contribution is 4.84. The maximum atomic E-state index is 2.54. The lowest BCUT2D eigenvalue weighted by Gasteiger charge is -2.06. The SMILES string of the molecule is CCCCCCCCCCCCCc1n(CCCCCC)cc[n+]1CCC. The van der Waals surface area contributed by atoms with Crippen molar-refractivity contribution in [1.82, 2.24) is 4.57 Å². The summed E-state index contributed by atoms with van der Waals surface area (Å²) < 4.78 is 5.05. The molecule has 0 saturated carbocycles. The van der Waals surface area contributed by atoms with Gasteiger partial charge in [-0.3, -0.25) is 0 Å². The molecule has 158 valence electrons. The van der Waals surface area contributed by atoms with E-state index in [1.807, 2.05) is 0 Å². The summed E-state index contributed by atoms with van der Waals surface area (Å²) in [7, 11) is 0. The van der Waals surface area contributed by atoms with Crippen molar-refractivity contribution in [3.8, 4) is 0 Å². The predicted molar refractivity (Wildman–Crippen MR) is 119 cm³/mol. The summed E-state index contributed by atoms with van der Waals surface area (Å²) in [5, 5.41) is 0. The molecule has 27 heavy (non-hydrogen) atoms. The molecule has 0 bridgehead atoms. The Morgan fingerprint density at radius 1 is 0.630 bits per heavy atom.